The van der Waals surface area contributed by atoms with Crippen molar-refractivity contribution < 1.29 is 4.79 Å². The number of thiophene rings is 1. The van der Waals surface area contributed by atoms with Gasteiger partial charge < -0.3 is 9.80 Å². The van der Waals surface area contributed by atoms with Crippen LogP contribution in [0.2, 0.25) is 0 Å². The Hall–Kier alpha value is -3.52. The van der Waals surface area contributed by atoms with E-state index < -0.39 is 0 Å². The molecule has 3 aromatic heterocycles. The number of carbonyl (C=O) groups excluding carboxylic acids is 1. The summed E-state index contributed by atoms with van der Waals surface area (Å²) in [4.78, 5) is 28.1. The molecule has 4 heterocycles. The highest BCUT2D eigenvalue weighted by Crippen LogP contribution is 2.42. The lowest BCUT2D eigenvalue weighted by Crippen LogP contribution is -2.48. The minimum atomic E-state index is 0.0604. The molecule has 0 N–H and O–H groups in total. The number of piperazine rings is 1. The van der Waals surface area contributed by atoms with Gasteiger partial charge in [0.1, 0.15) is 0 Å². The van der Waals surface area contributed by atoms with E-state index >= 15 is 0 Å². The van der Waals surface area contributed by atoms with Crippen molar-refractivity contribution in [1.29, 1.82) is 0 Å². The van der Waals surface area contributed by atoms with E-state index in [1.807, 2.05) is 34.5 Å². The molecule has 6 rings (SSSR count). The van der Waals surface area contributed by atoms with Gasteiger partial charge >= 0.3 is 0 Å². The molecule has 1 aliphatic heterocycles. The predicted octanol–water partition coefficient (Wildman–Crippen LogP) is 4.23. The van der Waals surface area contributed by atoms with E-state index in [1.165, 1.54) is 5.69 Å². The lowest BCUT2D eigenvalue weighted by Gasteiger charge is -2.36. The topological polar surface area (TPSA) is 67.2 Å². The van der Waals surface area contributed by atoms with Crippen LogP contribution in [0.4, 0.5) is 5.69 Å². The van der Waals surface area contributed by atoms with E-state index in [9.17, 15) is 4.79 Å². The van der Waals surface area contributed by atoms with Crippen molar-refractivity contribution in [3.05, 3.63) is 77.6 Å². The van der Waals surface area contributed by atoms with E-state index in [-0.39, 0.29) is 5.91 Å². The SMILES string of the molecule is O=C(c1cnn(-c2nccc(-c3cccs3)n2)c1C1CC1)N1CCN(c2ccccc2)CC1. The Balaban J connectivity index is 1.25. The van der Waals surface area contributed by atoms with Crippen LogP contribution in [0.1, 0.15) is 34.8 Å². The van der Waals surface area contributed by atoms with Crippen molar-refractivity contribution in [3.8, 4) is 16.5 Å². The van der Waals surface area contributed by atoms with Gasteiger partial charge in [-0.15, -0.1) is 11.3 Å². The molecule has 1 saturated carbocycles. The fourth-order valence-electron chi connectivity index (χ4n) is 4.42. The average Bonchev–Trinajstić information content (AvgIpc) is 3.38. The molecule has 0 bridgehead atoms. The Morgan fingerprint density at radius 3 is 2.52 bits per heavy atom. The number of hydrogen-bond donors (Lipinski definition) is 0. The van der Waals surface area contributed by atoms with Crippen LogP contribution in [0.3, 0.4) is 0 Å². The van der Waals surface area contributed by atoms with E-state index in [2.05, 4.69) is 39.2 Å². The van der Waals surface area contributed by atoms with E-state index in [0.717, 1.165) is 42.2 Å². The van der Waals surface area contributed by atoms with Crippen molar-refractivity contribution in [1.82, 2.24) is 24.6 Å². The molecular weight excluding hydrogens is 432 g/mol. The Labute approximate surface area is 196 Å². The van der Waals surface area contributed by atoms with Gasteiger partial charge in [-0.2, -0.15) is 5.10 Å². The molecular formula is C25H24N6OS. The minimum Gasteiger partial charge on any atom is -0.368 e. The first-order valence-electron chi connectivity index (χ1n) is 11.3. The van der Waals surface area contributed by atoms with Crippen molar-refractivity contribution in [2.75, 3.05) is 31.1 Å². The van der Waals surface area contributed by atoms with E-state index in [1.54, 1.807) is 28.4 Å². The number of aromatic nitrogens is 4. The molecule has 2 aliphatic rings. The normalized spacial score (nSPS) is 16.2. The second-order valence-electron chi connectivity index (χ2n) is 8.46. The Bertz CT molecular complexity index is 1260. The molecule has 2 fully saturated rings. The first-order valence-corrected chi connectivity index (χ1v) is 12.2. The highest BCUT2D eigenvalue weighted by atomic mass is 32.1. The zero-order valence-corrected chi connectivity index (χ0v) is 19.0. The number of carbonyl (C=O) groups is 1. The lowest BCUT2D eigenvalue weighted by molar-refractivity contribution is 0.0745. The number of hydrogen-bond acceptors (Lipinski definition) is 6. The maximum atomic E-state index is 13.5. The molecule has 0 unspecified atom stereocenters. The third-order valence-electron chi connectivity index (χ3n) is 6.30. The first kappa shape index (κ1) is 20.1. The fourth-order valence-corrected chi connectivity index (χ4v) is 5.12. The number of anilines is 1. The third kappa shape index (κ3) is 3.91. The van der Waals surface area contributed by atoms with Crippen LogP contribution in [0, 0.1) is 0 Å². The molecule has 4 aromatic rings. The summed E-state index contributed by atoms with van der Waals surface area (Å²) in [6, 6.07) is 16.4. The van der Waals surface area contributed by atoms with Crippen molar-refractivity contribution in [3.63, 3.8) is 0 Å². The second kappa shape index (κ2) is 8.44. The van der Waals surface area contributed by atoms with Gasteiger partial charge in [0.05, 0.1) is 28.0 Å². The fraction of sp³-hybridized carbons (Fsp3) is 0.280. The Kier molecular flexibility index (Phi) is 5.14. The number of amides is 1. The van der Waals surface area contributed by atoms with Gasteiger partial charge in [-0.3, -0.25) is 4.79 Å². The Morgan fingerprint density at radius 1 is 0.970 bits per heavy atom. The number of nitrogens with zero attached hydrogens (tertiary/aromatic N) is 6. The predicted molar refractivity (Wildman–Crippen MR) is 129 cm³/mol. The van der Waals surface area contributed by atoms with Gasteiger partial charge in [-0.05, 0) is 42.5 Å². The quantitative estimate of drug-likeness (QED) is 0.450. The monoisotopic (exact) mass is 456 g/mol. The molecule has 0 atom stereocenters. The molecule has 7 nitrogen and oxygen atoms in total. The zero-order valence-electron chi connectivity index (χ0n) is 18.2. The standard InChI is InChI=1S/C25H24N6OS/c32-24(30-14-12-29(13-15-30)19-5-2-1-3-6-19)20-17-27-31(23(20)18-8-9-18)25-26-11-10-21(28-25)22-7-4-16-33-22/h1-7,10-11,16-18H,8-9,12-15H2. The van der Waals surface area contributed by atoms with E-state index in [0.29, 0.717) is 30.5 Å². The first-order chi connectivity index (χ1) is 16.3. The summed E-state index contributed by atoms with van der Waals surface area (Å²) in [6.07, 6.45) is 5.61. The molecule has 166 valence electrons. The second-order valence-corrected chi connectivity index (χ2v) is 9.41. The summed E-state index contributed by atoms with van der Waals surface area (Å²) in [5.41, 5.74) is 3.72. The van der Waals surface area contributed by atoms with Gasteiger partial charge in [-0.25, -0.2) is 14.6 Å². The minimum absolute atomic E-state index is 0.0604. The van der Waals surface area contributed by atoms with Crippen molar-refractivity contribution in [2.24, 2.45) is 0 Å². The largest absolute Gasteiger partial charge is 0.368 e. The van der Waals surface area contributed by atoms with Crippen LogP contribution in [0.15, 0.2) is 66.3 Å². The highest BCUT2D eigenvalue weighted by Gasteiger charge is 2.35. The molecule has 0 spiro atoms. The summed E-state index contributed by atoms with van der Waals surface area (Å²) in [5, 5.41) is 6.62. The molecule has 0 radical (unpaired) electrons. The van der Waals surface area contributed by atoms with Gasteiger partial charge in [0.2, 0.25) is 0 Å². The molecule has 1 aromatic carbocycles. The van der Waals surface area contributed by atoms with Crippen molar-refractivity contribution in [2.45, 2.75) is 18.8 Å². The van der Waals surface area contributed by atoms with Crippen molar-refractivity contribution >= 4 is 22.9 Å². The molecule has 1 saturated heterocycles. The average molecular weight is 457 g/mol. The maximum absolute atomic E-state index is 13.5. The summed E-state index contributed by atoms with van der Waals surface area (Å²) < 4.78 is 1.78. The van der Waals surface area contributed by atoms with E-state index in [4.69, 9.17) is 4.98 Å². The summed E-state index contributed by atoms with van der Waals surface area (Å²) in [5.74, 6) is 0.923. The van der Waals surface area contributed by atoms with Crippen LogP contribution >= 0.6 is 11.3 Å². The van der Waals surface area contributed by atoms with Crippen LogP contribution in [0.5, 0.6) is 0 Å². The van der Waals surface area contributed by atoms with Crippen LogP contribution in [-0.2, 0) is 0 Å². The molecule has 8 heteroatoms. The van der Waals surface area contributed by atoms with Crippen LogP contribution in [0.25, 0.3) is 16.5 Å². The van der Waals surface area contributed by atoms with Crippen LogP contribution < -0.4 is 4.90 Å². The van der Waals surface area contributed by atoms with Gasteiger partial charge in [0.25, 0.3) is 11.9 Å². The van der Waals surface area contributed by atoms with Gasteiger partial charge in [-0.1, -0.05) is 24.3 Å². The number of benzene rings is 1. The summed E-state index contributed by atoms with van der Waals surface area (Å²) in [7, 11) is 0. The van der Waals surface area contributed by atoms with Gasteiger partial charge in [0, 0.05) is 44.0 Å². The smallest absolute Gasteiger partial charge is 0.257 e. The molecule has 1 amide bonds. The summed E-state index contributed by atoms with van der Waals surface area (Å²) >= 11 is 1.65. The molecule has 1 aliphatic carbocycles. The van der Waals surface area contributed by atoms with Gasteiger partial charge in [0.15, 0.2) is 0 Å². The van der Waals surface area contributed by atoms with Crippen LogP contribution in [-0.4, -0.2) is 56.7 Å². The number of rotatable bonds is 5. The summed E-state index contributed by atoms with van der Waals surface area (Å²) in [6.45, 7) is 3.06. The highest BCUT2D eigenvalue weighted by molar-refractivity contribution is 7.13. The number of para-hydroxylation sites is 1. The Morgan fingerprint density at radius 2 is 1.79 bits per heavy atom. The third-order valence-corrected chi connectivity index (χ3v) is 7.19. The maximum Gasteiger partial charge on any atom is 0.257 e. The zero-order chi connectivity index (χ0) is 22.2. The molecule has 33 heavy (non-hydrogen) atoms. The lowest BCUT2D eigenvalue weighted by atomic mass is 10.1.